The summed E-state index contributed by atoms with van der Waals surface area (Å²) in [5, 5.41) is 0. The Morgan fingerprint density at radius 3 is 2.45 bits per heavy atom. The van der Waals surface area contributed by atoms with Gasteiger partial charge in [-0.25, -0.2) is 14.4 Å². The van der Waals surface area contributed by atoms with Crippen LogP contribution < -0.4 is 4.90 Å². The molecule has 0 aliphatic carbocycles. The predicted octanol–water partition coefficient (Wildman–Crippen LogP) is 1.92. The first-order chi connectivity index (χ1) is 10.3. The smallest absolute Gasteiger partial charge is 0.351 e. The summed E-state index contributed by atoms with van der Waals surface area (Å²) < 4.78 is 50.3. The average molecular weight is 320 g/mol. The summed E-state index contributed by atoms with van der Waals surface area (Å²) >= 11 is 0. The summed E-state index contributed by atoms with van der Waals surface area (Å²) in [5.74, 6) is -0.884. The average Bonchev–Trinajstić information content (AvgIpc) is 2.47. The van der Waals surface area contributed by atoms with E-state index in [1.807, 2.05) is 0 Å². The van der Waals surface area contributed by atoms with Crippen molar-refractivity contribution in [3.05, 3.63) is 17.8 Å². The highest BCUT2D eigenvalue weighted by Crippen LogP contribution is 2.23. The van der Waals surface area contributed by atoms with Gasteiger partial charge in [-0.3, -0.25) is 4.79 Å². The van der Waals surface area contributed by atoms with Crippen LogP contribution in [-0.4, -0.2) is 53.1 Å². The van der Waals surface area contributed by atoms with Crippen LogP contribution in [-0.2, 0) is 4.79 Å². The van der Waals surface area contributed by atoms with Gasteiger partial charge in [0.25, 0.3) is 0 Å². The number of aromatic nitrogens is 2. The number of nitrogens with zero attached hydrogens (tertiary/aromatic N) is 4. The molecular weight excluding hydrogens is 304 g/mol. The summed E-state index contributed by atoms with van der Waals surface area (Å²) in [6.45, 7) is 2.67. The second kappa shape index (κ2) is 6.45. The van der Waals surface area contributed by atoms with Gasteiger partial charge in [0.1, 0.15) is 6.33 Å². The van der Waals surface area contributed by atoms with Gasteiger partial charge in [0.05, 0.1) is 12.1 Å². The van der Waals surface area contributed by atoms with E-state index in [2.05, 4.69) is 9.97 Å². The lowest BCUT2D eigenvalue weighted by Gasteiger charge is -2.35. The quantitative estimate of drug-likeness (QED) is 0.799. The maximum Gasteiger partial charge on any atom is 0.389 e. The van der Waals surface area contributed by atoms with Crippen molar-refractivity contribution in [2.75, 3.05) is 31.1 Å². The largest absolute Gasteiger partial charge is 0.389 e. The minimum Gasteiger partial charge on any atom is -0.351 e. The molecule has 2 rings (SSSR count). The highest BCUT2D eigenvalue weighted by atomic mass is 19.4. The number of aryl methyl sites for hydroxylation is 1. The molecule has 0 spiro atoms. The first kappa shape index (κ1) is 16.4. The van der Waals surface area contributed by atoms with E-state index in [0.717, 1.165) is 0 Å². The summed E-state index contributed by atoms with van der Waals surface area (Å²) in [6, 6.07) is 0. The zero-order valence-electron chi connectivity index (χ0n) is 12.0. The fraction of sp³-hybridized carbons (Fsp3) is 0.615. The van der Waals surface area contributed by atoms with E-state index < -0.39 is 30.7 Å². The van der Waals surface area contributed by atoms with Crippen molar-refractivity contribution in [1.29, 1.82) is 0 Å². The van der Waals surface area contributed by atoms with E-state index >= 15 is 0 Å². The van der Waals surface area contributed by atoms with Gasteiger partial charge < -0.3 is 9.80 Å². The minimum atomic E-state index is -4.33. The first-order valence-corrected chi connectivity index (χ1v) is 6.84. The lowest BCUT2D eigenvalue weighted by atomic mass is 10.2. The molecule has 2 heterocycles. The van der Waals surface area contributed by atoms with Gasteiger partial charge in [-0.1, -0.05) is 0 Å². The molecule has 0 atom stereocenters. The third-order valence-electron chi connectivity index (χ3n) is 3.50. The first-order valence-electron chi connectivity index (χ1n) is 6.84. The number of alkyl halides is 3. The van der Waals surface area contributed by atoms with Crippen molar-refractivity contribution in [1.82, 2.24) is 14.9 Å². The molecule has 1 aliphatic rings. The van der Waals surface area contributed by atoms with Crippen LogP contribution >= 0.6 is 0 Å². The van der Waals surface area contributed by atoms with Crippen LogP contribution in [0.2, 0.25) is 0 Å². The molecular formula is C13H16F4N4O. The summed E-state index contributed by atoms with van der Waals surface area (Å²) in [6.07, 6.45) is -4.75. The van der Waals surface area contributed by atoms with E-state index in [4.69, 9.17) is 0 Å². The van der Waals surface area contributed by atoms with Crippen molar-refractivity contribution in [3.63, 3.8) is 0 Å². The van der Waals surface area contributed by atoms with Crippen LogP contribution in [0.15, 0.2) is 6.33 Å². The fourth-order valence-electron chi connectivity index (χ4n) is 2.24. The second-order valence-electron chi connectivity index (χ2n) is 5.08. The molecule has 0 unspecified atom stereocenters. The zero-order chi connectivity index (χ0) is 16.3. The Morgan fingerprint density at radius 1 is 1.23 bits per heavy atom. The lowest BCUT2D eigenvalue weighted by molar-refractivity contribution is -0.149. The fourth-order valence-corrected chi connectivity index (χ4v) is 2.24. The number of halogens is 4. The maximum atomic E-state index is 13.9. The molecule has 122 valence electrons. The van der Waals surface area contributed by atoms with Gasteiger partial charge in [-0.2, -0.15) is 13.2 Å². The zero-order valence-corrected chi connectivity index (χ0v) is 12.0. The van der Waals surface area contributed by atoms with E-state index in [1.54, 1.807) is 4.90 Å². The maximum absolute atomic E-state index is 13.9. The number of carbonyl (C=O) groups excluding carboxylic acids is 1. The monoisotopic (exact) mass is 320 g/mol. The van der Waals surface area contributed by atoms with Gasteiger partial charge in [0.2, 0.25) is 5.91 Å². The van der Waals surface area contributed by atoms with E-state index in [9.17, 15) is 22.4 Å². The summed E-state index contributed by atoms with van der Waals surface area (Å²) in [5.41, 5.74) is 0.230. The molecule has 22 heavy (non-hydrogen) atoms. The molecule has 1 amide bonds. The van der Waals surface area contributed by atoms with Gasteiger partial charge in [0.15, 0.2) is 11.6 Å². The van der Waals surface area contributed by atoms with Crippen LogP contribution in [0.5, 0.6) is 0 Å². The van der Waals surface area contributed by atoms with Crippen molar-refractivity contribution in [2.45, 2.75) is 25.9 Å². The lowest BCUT2D eigenvalue weighted by Crippen LogP contribution is -2.49. The Hall–Kier alpha value is -1.93. The topological polar surface area (TPSA) is 49.3 Å². The van der Waals surface area contributed by atoms with Gasteiger partial charge >= 0.3 is 6.18 Å². The molecule has 0 N–H and O–H groups in total. The Labute approximate surface area is 124 Å². The Kier molecular flexibility index (Phi) is 4.82. The van der Waals surface area contributed by atoms with Crippen LogP contribution in [0.3, 0.4) is 0 Å². The molecule has 9 heteroatoms. The molecule has 1 aromatic heterocycles. The molecule has 1 aromatic rings. The van der Waals surface area contributed by atoms with Crippen molar-refractivity contribution >= 4 is 11.7 Å². The number of anilines is 1. The number of hydrogen-bond donors (Lipinski definition) is 0. The third-order valence-corrected chi connectivity index (χ3v) is 3.50. The van der Waals surface area contributed by atoms with Crippen LogP contribution in [0.25, 0.3) is 0 Å². The van der Waals surface area contributed by atoms with Gasteiger partial charge in [-0.15, -0.1) is 0 Å². The van der Waals surface area contributed by atoms with E-state index in [0.29, 0.717) is 13.1 Å². The third kappa shape index (κ3) is 4.05. The molecule has 1 fully saturated rings. The molecule has 1 saturated heterocycles. The molecule has 0 saturated carbocycles. The Balaban J connectivity index is 1.90. The Bertz CT molecular complexity index is 541. The SMILES string of the molecule is Cc1ncnc(N2CCN(C(=O)CCC(F)(F)F)CC2)c1F. The van der Waals surface area contributed by atoms with Gasteiger partial charge in [-0.05, 0) is 6.92 Å². The van der Waals surface area contributed by atoms with Crippen LogP contribution in [0, 0.1) is 12.7 Å². The summed E-state index contributed by atoms with van der Waals surface area (Å²) in [4.78, 5) is 22.4. The van der Waals surface area contributed by atoms with Crippen molar-refractivity contribution in [3.8, 4) is 0 Å². The number of rotatable bonds is 3. The Morgan fingerprint density at radius 2 is 1.86 bits per heavy atom. The highest BCUT2D eigenvalue weighted by Gasteiger charge is 2.30. The van der Waals surface area contributed by atoms with Crippen LogP contribution in [0.1, 0.15) is 18.5 Å². The van der Waals surface area contributed by atoms with E-state index in [1.165, 1.54) is 18.2 Å². The number of amides is 1. The molecule has 0 bridgehead atoms. The van der Waals surface area contributed by atoms with Crippen LogP contribution in [0.4, 0.5) is 23.4 Å². The normalized spacial score (nSPS) is 16.0. The van der Waals surface area contributed by atoms with Crippen molar-refractivity contribution in [2.24, 2.45) is 0 Å². The minimum absolute atomic E-state index is 0.162. The number of hydrogen-bond acceptors (Lipinski definition) is 4. The molecule has 1 aliphatic heterocycles. The number of carbonyl (C=O) groups is 1. The predicted molar refractivity (Wildman–Crippen MR) is 70.8 cm³/mol. The van der Waals surface area contributed by atoms with Gasteiger partial charge in [0, 0.05) is 32.6 Å². The molecule has 5 nitrogen and oxygen atoms in total. The molecule has 0 radical (unpaired) electrons. The van der Waals surface area contributed by atoms with E-state index in [-0.39, 0.29) is 24.6 Å². The van der Waals surface area contributed by atoms with Crippen molar-refractivity contribution < 1.29 is 22.4 Å². The number of piperazine rings is 1. The molecule has 0 aromatic carbocycles. The second-order valence-corrected chi connectivity index (χ2v) is 5.08. The summed E-state index contributed by atoms with van der Waals surface area (Å²) in [7, 11) is 0. The highest BCUT2D eigenvalue weighted by molar-refractivity contribution is 5.76. The standard InChI is InChI=1S/C13H16F4N4O/c1-9-11(14)12(19-8-18-9)21-6-4-20(5-7-21)10(22)2-3-13(15,16)17/h8H,2-7H2,1H3.